The first-order valence-corrected chi connectivity index (χ1v) is 11.7. The first-order chi connectivity index (χ1) is 13.4. The summed E-state index contributed by atoms with van der Waals surface area (Å²) in [6.07, 6.45) is 5.75. The minimum absolute atomic E-state index is 0.0563. The third kappa shape index (κ3) is 4.67. The van der Waals surface area contributed by atoms with Crippen molar-refractivity contribution in [2.45, 2.75) is 63.5 Å². The minimum atomic E-state index is -3.38. The van der Waals surface area contributed by atoms with Gasteiger partial charge in [0.2, 0.25) is 15.0 Å². The van der Waals surface area contributed by atoms with Crippen LogP contribution >= 0.6 is 0 Å². The lowest BCUT2D eigenvalue weighted by molar-refractivity contribution is 0.0933. The van der Waals surface area contributed by atoms with Crippen molar-refractivity contribution in [2.75, 3.05) is 19.4 Å². The van der Waals surface area contributed by atoms with Crippen LogP contribution in [0.5, 0.6) is 0 Å². The summed E-state index contributed by atoms with van der Waals surface area (Å²) in [5.41, 5.74) is 0.899. The molecule has 2 fully saturated rings. The summed E-state index contributed by atoms with van der Waals surface area (Å²) in [5, 5.41) is 0.201. The first-order valence-electron chi connectivity index (χ1n) is 10.0. The first kappa shape index (κ1) is 19.7. The van der Waals surface area contributed by atoms with Crippen LogP contribution in [0.1, 0.15) is 42.9 Å². The summed E-state index contributed by atoms with van der Waals surface area (Å²) in [6, 6.07) is 3.93. The van der Waals surface area contributed by atoms with Crippen LogP contribution in [0.25, 0.3) is 0 Å². The number of hydrogen-bond donors (Lipinski definition) is 0. The maximum Gasteiger partial charge on any atom is 0.227 e. The summed E-state index contributed by atoms with van der Waals surface area (Å²) in [5.74, 6) is 2.29. The van der Waals surface area contributed by atoms with Crippen molar-refractivity contribution >= 4 is 9.84 Å². The number of nitrogens with zero attached hydrogens (tertiary/aromatic N) is 3. The molecule has 2 aromatic heterocycles. The van der Waals surface area contributed by atoms with Gasteiger partial charge in [0.1, 0.15) is 11.5 Å². The monoisotopic (exact) mass is 407 g/mol. The molecular formula is C20H29N3O4S. The minimum Gasteiger partial charge on any atom is -0.465 e. The van der Waals surface area contributed by atoms with Crippen LogP contribution in [0.15, 0.2) is 27.9 Å². The van der Waals surface area contributed by atoms with Gasteiger partial charge >= 0.3 is 0 Å². The zero-order chi connectivity index (χ0) is 19.7. The van der Waals surface area contributed by atoms with Gasteiger partial charge in [0.15, 0.2) is 0 Å². The molecule has 4 rings (SSSR count). The van der Waals surface area contributed by atoms with Crippen LogP contribution in [-0.4, -0.2) is 48.4 Å². The zero-order valence-electron chi connectivity index (χ0n) is 16.6. The molecule has 28 heavy (non-hydrogen) atoms. The summed E-state index contributed by atoms with van der Waals surface area (Å²) in [4.78, 5) is 6.45. The Labute approximate surface area is 166 Å². The predicted molar refractivity (Wildman–Crippen MR) is 105 cm³/mol. The van der Waals surface area contributed by atoms with Crippen LogP contribution in [0.4, 0.5) is 0 Å². The van der Waals surface area contributed by atoms with E-state index in [0.717, 1.165) is 49.5 Å². The lowest BCUT2D eigenvalue weighted by atomic mass is 10.2. The molecule has 0 spiro atoms. The van der Waals surface area contributed by atoms with Gasteiger partial charge in [0.25, 0.3) is 0 Å². The van der Waals surface area contributed by atoms with Gasteiger partial charge in [0, 0.05) is 13.2 Å². The van der Waals surface area contributed by atoms with Gasteiger partial charge in [-0.2, -0.15) is 0 Å². The lowest BCUT2D eigenvalue weighted by Gasteiger charge is -2.19. The second-order valence-electron chi connectivity index (χ2n) is 8.19. The molecule has 0 aromatic carbocycles. The summed E-state index contributed by atoms with van der Waals surface area (Å²) < 4.78 is 39.1. The average Bonchev–Trinajstić information content (AvgIpc) is 3.01. The SMILES string of the molecule is Cc1ccc(CN(C)Cc2cnc(S(=O)(=O)CC3CC3)n2C[C@@H]2CCCO2)o1. The Bertz CT molecular complexity index is 908. The molecule has 3 heterocycles. The highest BCUT2D eigenvalue weighted by molar-refractivity contribution is 7.91. The highest BCUT2D eigenvalue weighted by Crippen LogP contribution is 2.32. The average molecular weight is 408 g/mol. The Balaban J connectivity index is 1.54. The second-order valence-corrected chi connectivity index (χ2v) is 10.1. The normalized spacial score (nSPS) is 20.3. The van der Waals surface area contributed by atoms with Gasteiger partial charge in [0.05, 0.1) is 36.8 Å². The fourth-order valence-corrected chi connectivity index (χ4v) is 5.64. The Hall–Kier alpha value is -1.64. The Morgan fingerprint density at radius 1 is 1.25 bits per heavy atom. The number of aromatic nitrogens is 2. The van der Waals surface area contributed by atoms with Gasteiger partial charge in [-0.3, -0.25) is 4.90 Å². The van der Waals surface area contributed by atoms with Gasteiger partial charge < -0.3 is 13.7 Å². The van der Waals surface area contributed by atoms with E-state index in [9.17, 15) is 8.42 Å². The molecule has 0 unspecified atom stereocenters. The smallest absolute Gasteiger partial charge is 0.227 e. The van der Waals surface area contributed by atoms with Crippen LogP contribution < -0.4 is 0 Å². The quantitative estimate of drug-likeness (QED) is 0.636. The predicted octanol–water partition coefficient (Wildman–Crippen LogP) is 2.78. The second kappa shape index (κ2) is 8.00. The van der Waals surface area contributed by atoms with E-state index in [1.807, 2.05) is 30.7 Å². The van der Waals surface area contributed by atoms with Crippen molar-refractivity contribution in [1.29, 1.82) is 0 Å². The third-order valence-electron chi connectivity index (χ3n) is 5.40. The molecule has 0 amide bonds. The molecule has 7 nitrogen and oxygen atoms in total. The molecule has 2 aromatic rings. The zero-order valence-corrected chi connectivity index (χ0v) is 17.5. The number of aryl methyl sites for hydroxylation is 1. The van der Waals surface area contributed by atoms with Gasteiger partial charge in [-0.1, -0.05) is 0 Å². The lowest BCUT2D eigenvalue weighted by Crippen LogP contribution is -2.25. The molecule has 1 saturated heterocycles. The maximum absolute atomic E-state index is 12.9. The molecule has 1 aliphatic carbocycles. The fraction of sp³-hybridized carbons (Fsp3) is 0.650. The topological polar surface area (TPSA) is 77.6 Å². The molecule has 1 saturated carbocycles. The Morgan fingerprint density at radius 3 is 2.71 bits per heavy atom. The molecule has 1 atom stereocenters. The Kier molecular flexibility index (Phi) is 5.62. The maximum atomic E-state index is 12.9. The van der Waals surface area contributed by atoms with E-state index in [2.05, 4.69) is 9.88 Å². The molecule has 0 N–H and O–H groups in total. The largest absolute Gasteiger partial charge is 0.465 e. The van der Waals surface area contributed by atoms with Crippen molar-refractivity contribution in [2.24, 2.45) is 5.92 Å². The van der Waals surface area contributed by atoms with Crippen LogP contribution in [-0.2, 0) is 34.2 Å². The highest BCUT2D eigenvalue weighted by Gasteiger charge is 2.33. The van der Waals surface area contributed by atoms with E-state index in [4.69, 9.17) is 9.15 Å². The van der Waals surface area contributed by atoms with Gasteiger partial charge in [-0.25, -0.2) is 13.4 Å². The number of hydrogen-bond acceptors (Lipinski definition) is 6. The van der Waals surface area contributed by atoms with Crippen molar-refractivity contribution in [3.05, 3.63) is 35.5 Å². The summed E-state index contributed by atoms with van der Waals surface area (Å²) >= 11 is 0. The number of sulfone groups is 1. The highest BCUT2D eigenvalue weighted by atomic mass is 32.2. The third-order valence-corrected chi connectivity index (χ3v) is 7.19. The fourth-order valence-electron chi connectivity index (χ4n) is 3.79. The van der Waals surface area contributed by atoms with E-state index < -0.39 is 9.84 Å². The van der Waals surface area contributed by atoms with E-state index in [1.165, 1.54) is 0 Å². The van der Waals surface area contributed by atoms with Crippen LogP contribution in [0, 0.1) is 12.8 Å². The van der Waals surface area contributed by atoms with Crippen molar-refractivity contribution in [3.63, 3.8) is 0 Å². The van der Waals surface area contributed by atoms with Crippen molar-refractivity contribution < 1.29 is 17.6 Å². The molecule has 2 aliphatic rings. The molecule has 0 radical (unpaired) electrons. The van der Waals surface area contributed by atoms with E-state index >= 15 is 0 Å². The molecule has 8 heteroatoms. The number of ether oxygens (including phenoxy) is 1. The number of imidazole rings is 1. The standard InChI is InChI=1S/C20H29N3O4S/c1-15-5-8-19(27-15)12-22(2)11-17-10-21-20(28(24,25)14-16-6-7-16)23(17)13-18-4-3-9-26-18/h5,8,10,16,18H,3-4,6-7,9,11-14H2,1-2H3/t18-/m0/s1. The molecule has 1 aliphatic heterocycles. The van der Waals surface area contributed by atoms with Crippen molar-refractivity contribution in [3.8, 4) is 0 Å². The van der Waals surface area contributed by atoms with Crippen molar-refractivity contribution in [1.82, 2.24) is 14.5 Å². The van der Waals surface area contributed by atoms with Gasteiger partial charge in [-0.15, -0.1) is 0 Å². The van der Waals surface area contributed by atoms with E-state index in [1.54, 1.807) is 6.20 Å². The number of furan rings is 1. The van der Waals surface area contributed by atoms with Crippen LogP contribution in [0.3, 0.4) is 0 Å². The summed E-state index contributed by atoms with van der Waals surface area (Å²) in [7, 11) is -1.38. The van der Waals surface area contributed by atoms with Gasteiger partial charge in [-0.05, 0) is 57.7 Å². The molecular weight excluding hydrogens is 378 g/mol. The molecule has 154 valence electrons. The van der Waals surface area contributed by atoms with Crippen LogP contribution in [0.2, 0.25) is 0 Å². The van der Waals surface area contributed by atoms with E-state index in [0.29, 0.717) is 25.6 Å². The summed E-state index contributed by atoms with van der Waals surface area (Å²) in [6.45, 7) is 4.47. The van der Waals surface area contributed by atoms with E-state index in [-0.39, 0.29) is 17.0 Å². The Morgan fingerprint density at radius 2 is 2.07 bits per heavy atom. The molecule has 0 bridgehead atoms. The number of rotatable bonds is 9.